The van der Waals surface area contributed by atoms with Crippen molar-refractivity contribution in [2.24, 2.45) is 5.73 Å². The molecule has 0 radical (unpaired) electrons. The van der Waals surface area contributed by atoms with Gasteiger partial charge in [-0.1, -0.05) is 47.7 Å². The molecule has 11 nitrogen and oxygen atoms in total. The average molecular weight is 536 g/mol. The Morgan fingerprint density at radius 1 is 0.974 bits per heavy atom. The van der Waals surface area contributed by atoms with Crippen molar-refractivity contribution in [1.82, 2.24) is 25.6 Å². The Balaban J connectivity index is 1.53. The number of amides is 2. The Labute approximate surface area is 228 Å². The fraction of sp³-hybridized carbons (Fsp3) is 0.429. The molecule has 1 aromatic heterocycles. The van der Waals surface area contributed by atoms with Crippen LogP contribution in [0.15, 0.2) is 48.5 Å². The number of hydrogen-bond acceptors (Lipinski definition) is 8. The van der Waals surface area contributed by atoms with Gasteiger partial charge in [0, 0.05) is 57.3 Å². The molecule has 0 unspecified atom stereocenters. The quantitative estimate of drug-likeness (QED) is 0.265. The highest BCUT2D eigenvalue weighted by Crippen LogP contribution is 2.40. The van der Waals surface area contributed by atoms with Gasteiger partial charge >= 0.3 is 0 Å². The minimum atomic E-state index is -0.152. The highest BCUT2D eigenvalue weighted by molar-refractivity contribution is 6.00. The summed E-state index contributed by atoms with van der Waals surface area (Å²) in [6.45, 7) is 4.53. The Kier molecular flexibility index (Phi) is 10.5. The van der Waals surface area contributed by atoms with Crippen LogP contribution < -0.4 is 21.3 Å². The molecule has 2 heterocycles. The molecule has 0 atom stereocenters. The van der Waals surface area contributed by atoms with Crippen LogP contribution in [0.4, 0.5) is 5.69 Å². The number of ether oxygens (including phenoxy) is 2. The molecule has 0 spiro atoms. The minimum absolute atomic E-state index is 0.0873. The van der Waals surface area contributed by atoms with Crippen LogP contribution in [0.5, 0.6) is 0 Å². The van der Waals surface area contributed by atoms with Crippen molar-refractivity contribution in [2.75, 3.05) is 58.0 Å². The van der Waals surface area contributed by atoms with Gasteiger partial charge in [0.15, 0.2) is 0 Å². The van der Waals surface area contributed by atoms with Gasteiger partial charge in [0.25, 0.3) is 0 Å². The first-order chi connectivity index (χ1) is 19.1. The van der Waals surface area contributed by atoms with Gasteiger partial charge in [-0.15, -0.1) is 5.10 Å². The molecule has 0 fully saturated rings. The van der Waals surface area contributed by atoms with E-state index in [1.54, 1.807) is 12.0 Å². The van der Waals surface area contributed by atoms with Gasteiger partial charge < -0.3 is 30.7 Å². The van der Waals surface area contributed by atoms with Crippen LogP contribution >= 0.6 is 0 Å². The minimum Gasteiger partial charge on any atom is -0.382 e. The van der Waals surface area contributed by atoms with Crippen LogP contribution in [-0.2, 0) is 32.2 Å². The van der Waals surface area contributed by atoms with E-state index in [-0.39, 0.29) is 31.2 Å². The largest absolute Gasteiger partial charge is 0.382 e. The van der Waals surface area contributed by atoms with Crippen LogP contribution in [0.25, 0.3) is 22.5 Å². The summed E-state index contributed by atoms with van der Waals surface area (Å²) >= 11 is 0. The fourth-order valence-corrected chi connectivity index (χ4v) is 4.55. The first-order valence-electron chi connectivity index (χ1n) is 13.3. The molecular weight excluding hydrogens is 498 g/mol. The van der Waals surface area contributed by atoms with Gasteiger partial charge in [-0.3, -0.25) is 9.59 Å². The van der Waals surface area contributed by atoms with Gasteiger partial charge in [0.05, 0.1) is 44.3 Å². The molecule has 11 heteroatoms. The maximum absolute atomic E-state index is 13.5. The smallest absolute Gasteiger partial charge is 0.229 e. The normalized spacial score (nSPS) is 12.2. The Bertz CT molecular complexity index is 1250. The summed E-state index contributed by atoms with van der Waals surface area (Å²) < 4.78 is 12.2. The lowest BCUT2D eigenvalue weighted by molar-refractivity contribution is -0.122. The zero-order valence-electron chi connectivity index (χ0n) is 22.4. The second kappa shape index (κ2) is 14.5. The van der Waals surface area contributed by atoms with Crippen LogP contribution in [0.1, 0.15) is 18.4 Å². The second-order valence-corrected chi connectivity index (χ2v) is 9.16. The highest BCUT2D eigenvalue weighted by Gasteiger charge is 2.28. The number of methoxy groups -OCH3 is 1. The number of carbonyl (C=O) groups excluding carboxylic acids is 2. The van der Waals surface area contributed by atoms with E-state index in [9.17, 15) is 9.59 Å². The lowest BCUT2D eigenvalue weighted by Crippen LogP contribution is -2.35. The Hall–Kier alpha value is -3.64. The molecule has 2 aromatic carbocycles. The van der Waals surface area contributed by atoms with E-state index in [1.807, 2.05) is 53.2 Å². The van der Waals surface area contributed by atoms with Crippen LogP contribution in [0.2, 0.25) is 0 Å². The average Bonchev–Trinajstić information content (AvgIpc) is 3.36. The van der Waals surface area contributed by atoms with E-state index in [1.165, 1.54) is 0 Å². The maximum atomic E-state index is 13.5. The number of hydrogen-bond donors (Lipinski definition) is 3. The molecule has 208 valence electrons. The van der Waals surface area contributed by atoms with E-state index in [0.717, 1.165) is 40.3 Å². The number of fused-ring (bicyclic) bond motifs is 5. The number of benzene rings is 2. The SMILES string of the molecule is COCCOCCC(=O)NCCC(=O)N1Cc2ccccc2-c2c(nnn2CCNCCN)-c2ccccc21. The zero-order chi connectivity index (χ0) is 27.5. The number of rotatable bonds is 14. The van der Waals surface area contributed by atoms with Crippen LogP contribution in [0.3, 0.4) is 0 Å². The molecule has 1 aliphatic heterocycles. The number of nitrogens with two attached hydrogens (primary N) is 1. The van der Waals surface area contributed by atoms with Crippen molar-refractivity contribution in [3.8, 4) is 22.5 Å². The number of carbonyl (C=O) groups is 2. The molecule has 1 aliphatic rings. The van der Waals surface area contributed by atoms with E-state index in [4.69, 9.17) is 15.2 Å². The van der Waals surface area contributed by atoms with Crippen molar-refractivity contribution in [2.45, 2.75) is 25.9 Å². The van der Waals surface area contributed by atoms with E-state index >= 15 is 0 Å². The number of aromatic nitrogens is 3. The second-order valence-electron chi connectivity index (χ2n) is 9.16. The summed E-state index contributed by atoms with van der Waals surface area (Å²) in [5.41, 5.74) is 10.9. The van der Waals surface area contributed by atoms with Gasteiger partial charge in [-0.2, -0.15) is 0 Å². The molecule has 0 bridgehead atoms. The molecule has 4 N–H and O–H groups in total. The summed E-state index contributed by atoms with van der Waals surface area (Å²) in [4.78, 5) is 27.5. The molecule has 0 aliphatic carbocycles. The van der Waals surface area contributed by atoms with Gasteiger partial charge in [0.2, 0.25) is 11.8 Å². The summed E-state index contributed by atoms with van der Waals surface area (Å²) in [5, 5.41) is 15.2. The van der Waals surface area contributed by atoms with Gasteiger partial charge in [0.1, 0.15) is 5.69 Å². The standard InChI is InChI=1S/C28H37N7O4/c1-38-18-19-39-17-11-25(36)31-13-10-26(37)34-20-21-6-2-3-7-22(21)28-27(23-8-4-5-9-24(23)34)32-33-35(28)16-15-30-14-12-29/h2-9,30H,10-20,29H2,1H3,(H,31,36). The predicted octanol–water partition coefficient (Wildman–Crippen LogP) is 1.57. The van der Waals surface area contributed by atoms with Crippen LogP contribution in [0, 0.1) is 0 Å². The summed E-state index contributed by atoms with van der Waals surface area (Å²) in [6, 6.07) is 15.8. The lowest BCUT2D eigenvalue weighted by atomic mass is 9.95. The predicted molar refractivity (Wildman–Crippen MR) is 149 cm³/mol. The molecular formula is C28H37N7O4. The topological polar surface area (TPSA) is 137 Å². The number of para-hydroxylation sites is 1. The van der Waals surface area contributed by atoms with Crippen molar-refractivity contribution >= 4 is 17.5 Å². The first-order valence-corrected chi connectivity index (χ1v) is 13.3. The Morgan fingerprint density at radius 2 is 1.77 bits per heavy atom. The number of nitrogens with one attached hydrogen (secondary N) is 2. The van der Waals surface area contributed by atoms with Crippen molar-refractivity contribution in [3.63, 3.8) is 0 Å². The molecule has 39 heavy (non-hydrogen) atoms. The third-order valence-electron chi connectivity index (χ3n) is 6.47. The number of nitrogens with zero attached hydrogens (tertiary/aromatic N) is 4. The summed E-state index contributed by atoms with van der Waals surface area (Å²) in [7, 11) is 1.60. The third kappa shape index (κ3) is 7.27. The monoisotopic (exact) mass is 535 g/mol. The zero-order valence-corrected chi connectivity index (χ0v) is 22.4. The van der Waals surface area contributed by atoms with E-state index in [2.05, 4.69) is 20.9 Å². The van der Waals surface area contributed by atoms with Gasteiger partial charge in [-0.25, -0.2) is 4.68 Å². The third-order valence-corrected chi connectivity index (χ3v) is 6.47. The molecule has 0 saturated carbocycles. The van der Waals surface area contributed by atoms with Crippen molar-refractivity contribution < 1.29 is 19.1 Å². The fourth-order valence-electron chi connectivity index (χ4n) is 4.55. The molecule has 2 amide bonds. The van der Waals surface area contributed by atoms with E-state index in [0.29, 0.717) is 46.0 Å². The number of anilines is 1. The summed E-state index contributed by atoms with van der Waals surface area (Å²) in [6.07, 6.45) is 0.400. The molecule has 3 aromatic rings. The first kappa shape index (κ1) is 28.4. The van der Waals surface area contributed by atoms with E-state index < -0.39 is 0 Å². The summed E-state index contributed by atoms with van der Waals surface area (Å²) in [5.74, 6) is -0.239. The highest BCUT2D eigenvalue weighted by atomic mass is 16.5. The van der Waals surface area contributed by atoms with Crippen molar-refractivity contribution in [1.29, 1.82) is 0 Å². The maximum Gasteiger partial charge on any atom is 0.229 e. The molecule has 0 saturated heterocycles. The van der Waals surface area contributed by atoms with Crippen LogP contribution in [-0.4, -0.2) is 79.9 Å². The molecule has 4 rings (SSSR count). The van der Waals surface area contributed by atoms with Crippen molar-refractivity contribution in [3.05, 3.63) is 54.1 Å². The Morgan fingerprint density at radius 3 is 2.59 bits per heavy atom. The lowest BCUT2D eigenvalue weighted by Gasteiger charge is -2.28. The van der Waals surface area contributed by atoms with Gasteiger partial charge in [-0.05, 0) is 11.6 Å².